The Bertz CT molecular complexity index is 725. The van der Waals surface area contributed by atoms with Crippen molar-refractivity contribution in [3.63, 3.8) is 0 Å². The highest BCUT2D eigenvalue weighted by Crippen LogP contribution is 2.38. The maximum absolute atomic E-state index is 13.3. The molecule has 0 aromatic heterocycles. The molecule has 1 aromatic carbocycles. The van der Waals surface area contributed by atoms with Gasteiger partial charge in [-0.2, -0.15) is 0 Å². The number of ketones is 2. The lowest BCUT2D eigenvalue weighted by atomic mass is 9.76. The van der Waals surface area contributed by atoms with E-state index in [0.717, 1.165) is 12.0 Å². The van der Waals surface area contributed by atoms with E-state index in [1.54, 1.807) is 0 Å². The Labute approximate surface area is 179 Å². The predicted octanol–water partition coefficient (Wildman–Crippen LogP) is 4.04. The third-order valence-corrected chi connectivity index (χ3v) is 5.72. The van der Waals surface area contributed by atoms with Crippen LogP contribution in [0.25, 0.3) is 0 Å². The Morgan fingerprint density at radius 1 is 1.13 bits per heavy atom. The van der Waals surface area contributed by atoms with E-state index in [0.29, 0.717) is 25.7 Å². The second-order valence-electron chi connectivity index (χ2n) is 9.20. The highest BCUT2D eigenvalue weighted by molar-refractivity contribution is 5.96. The van der Waals surface area contributed by atoms with E-state index in [4.69, 9.17) is 4.74 Å². The van der Waals surface area contributed by atoms with Crippen LogP contribution in [-0.2, 0) is 20.9 Å². The predicted molar refractivity (Wildman–Crippen MR) is 115 cm³/mol. The van der Waals surface area contributed by atoms with Gasteiger partial charge in [-0.25, -0.2) is 4.79 Å². The summed E-state index contributed by atoms with van der Waals surface area (Å²) in [5.74, 6) is -1.06. The maximum Gasteiger partial charge on any atom is 0.408 e. The van der Waals surface area contributed by atoms with Crippen molar-refractivity contribution >= 4 is 17.7 Å². The van der Waals surface area contributed by atoms with Crippen molar-refractivity contribution in [2.75, 3.05) is 0 Å². The molecule has 1 saturated carbocycles. The standard InChI is InChI=1S/C24H35NO5/c1-5-10-19(26)20(25-23(29)30-15-16-11-7-6-8-12-16)21(27)17-13-9-14-18(17)22(28)24(2,3)4/h6-8,11-12,17-20,26H,5,9-10,13-15H2,1-4H3,(H,25,29). The molecule has 1 amide bonds. The number of hydrogen-bond acceptors (Lipinski definition) is 5. The summed E-state index contributed by atoms with van der Waals surface area (Å²) in [5, 5.41) is 13.2. The number of Topliss-reactive ketones (excluding diaryl/α,β-unsaturated/α-hetero) is 2. The van der Waals surface area contributed by atoms with E-state index in [2.05, 4.69) is 5.32 Å². The van der Waals surface area contributed by atoms with E-state index in [-0.39, 0.29) is 24.1 Å². The van der Waals surface area contributed by atoms with E-state index < -0.39 is 29.6 Å². The number of alkyl carbamates (subject to hydrolysis) is 1. The first kappa shape index (κ1) is 24.1. The number of aliphatic hydroxyl groups is 1. The summed E-state index contributed by atoms with van der Waals surface area (Å²) >= 11 is 0. The number of amides is 1. The fourth-order valence-electron chi connectivity index (χ4n) is 4.11. The van der Waals surface area contributed by atoms with E-state index in [1.807, 2.05) is 58.0 Å². The number of ether oxygens (including phenoxy) is 1. The van der Waals surface area contributed by atoms with Crippen LogP contribution in [0.4, 0.5) is 4.79 Å². The van der Waals surface area contributed by atoms with Crippen LogP contribution in [0.3, 0.4) is 0 Å². The zero-order valence-corrected chi connectivity index (χ0v) is 18.5. The summed E-state index contributed by atoms with van der Waals surface area (Å²) in [7, 11) is 0. The van der Waals surface area contributed by atoms with Crippen LogP contribution >= 0.6 is 0 Å². The topological polar surface area (TPSA) is 92.7 Å². The molecule has 2 rings (SSSR count). The third kappa shape index (κ3) is 6.39. The molecule has 0 aliphatic heterocycles. The van der Waals surface area contributed by atoms with Crippen LogP contribution in [0, 0.1) is 17.3 Å². The molecule has 0 heterocycles. The van der Waals surface area contributed by atoms with Gasteiger partial charge in [-0.15, -0.1) is 0 Å². The Morgan fingerprint density at radius 2 is 1.77 bits per heavy atom. The minimum Gasteiger partial charge on any atom is -0.445 e. The van der Waals surface area contributed by atoms with Gasteiger partial charge in [0, 0.05) is 17.3 Å². The van der Waals surface area contributed by atoms with Gasteiger partial charge in [0.05, 0.1) is 6.10 Å². The molecule has 4 atom stereocenters. The van der Waals surface area contributed by atoms with Gasteiger partial charge in [-0.3, -0.25) is 9.59 Å². The van der Waals surface area contributed by atoms with Gasteiger partial charge >= 0.3 is 6.09 Å². The molecule has 1 aliphatic carbocycles. The average Bonchev–Trinajstić information content (AvgIpc) is 3.19. The molecule has 1 fully saturated rings. The van der Waals surface area contributed by atoms with Crippen LogP contribution in [0.5, 0.6) is 0 Å². The van der Waals surface area contributed by atoms with E-state index in [9.17, 15) is 19.5 Å². The first-order valence-electron chi connectivity index (χ1n) is 10.9. The quantitative estimate of drug-likeness (QED) is 0.632. The molecule has 2 N–H and O–H groups in total. The largest absolute Gasteiger partial charge is 0.445 e. The highest BCUT2D eigenvalue weighted by atomic mass is 16.5. The smallest absolute Gasteiger partial charge is 0.408 e. The number of nitrogens with one attached hydrogen (secondary N) is 1. The fraction of sp³-hybridized carbons (Fsp3) is 0.625. The number of aliphatic hydroxyl groups excluding tert-OH is 1. The Kier molecular flexibility index (Phi) is 8.59. The van der Waals surface area contributed by atoms with Crippen LogP contribution in [0.1, 0.15) is 65.4 Å². The Morgan fingerprint density at radius 3 is 2.37 bits per heavy atom. The SMILES string of the molecule is CCCC(O)C(NC(=O)OCc1ccccc1)C(=O)C1CCCC1C(=O)C(C)(C)C. The zero-order valence-electron chi connectivity index (χ0n) is 18.5. The molecule has 30 heavy (non-hydrogen) atoms. The van der Waals surface area contributed by atoms with Crippen molar-refractivity contribution in [3.8, 4) is 0 Å². The zero-order chi connectivity index (χ0) is 22.3. The lowest BCUT2D eigenvalue weighted by Crippen LogP contribution is -2.52. The van der Waals surface area contributed by atoms with Crippen LogP contribution in [0.2, 0.25) is 0 Å². The summed E-state index contributed by atoms with van der Waals surface area (Å²) < 4.78 is 5.25. The van der Waals surface area contributed by atoms with Gasteiger partial charge in [-0.1, -0.05) is 70.9 Å². The van der Waals surface area contributed by atoms with Gasteiger partial charge in [0.1, 0.15) is 18.4 Å². The van der Waals surface area contributed by atoms with Crippen molar-refractivity contribution < 1.29 is 24.2 Å². The molecule has 1 aliphatic rings. The minimum atomic E-state index is -1.08. The van der Waals surface area contributed by atoms with Gasteiger partial charge in [0.25, 0.3) is 0 Å². The molecule has 0 spiro atoms. The summed E-state index contributed by atoms with van der Waals surface area (Å²) in [6, 6.07) is 8.16. The summed E-state index contributed by atoms with van der Waals surface area (Å²) in [5.41, 5.74) is 0.295. The van der Waals surface area contributed by atoms with Crippen molar-refractivity contribution in [1.29, 1.82) is 0 Å². The number of benzene rings is 1. The summed E-state index contributed by atoms with van der Waals surface area (Å²) in [6.07, 6.45) is 1.34. The van der Waals surface area contributed by atoms with E-state index >= 15 is 0 Å². The van der Waals surface area contributed by atoms with Crippen molar-refractivity contribution in [2.24, 2.45) is 17.3 Å². The summed E-state index contributed by atoms with van der Waals surface area (Å²) in [6.45, 7) is 7.55. The van der Waals surface area contributed by atoms with Gasteiger partial charge in [-0.05, 0) is 24.8 Å². The molecule has 1 aromatic rings. The van der Waals surface area contributed by atoms with E-state index in [1.165, 1.54) is 0 Å². The lowest BCUT2D eigenvalue weighted by molar-refractivity contribution is -0.138. The monoisotopic (exact) mass is 417 g/mol. The van der Waals surface area contributed by atoms with Crippen molar-refractivity contribution in [2.45, 2.75) is 78.6 Å². The van der Waals surface area contributed by atoms with Crippen LogP contribution in [-0.4, -0.2) is 34.9 Å². The fourth-order valence-corrected chi connectivity index (χ4v) is 4.11. The molecule has 0 bridgehead atoms. The van der Waals surface area contributed by atoms with Crippen LogP contribution in [0.15, 0.2) is 30.3 Å². The number of carbonyl (C=O) groups excluding carboxylic acids is 3. The molecule has 4 unspecified atom stereocenters. The van der Waals surface area contributed by atoms with Gasteiger partial charge < -0.3 is 15.2 Å². The molecule has 0 saturated heterocycles. The highest BCUT2D eigenvalue weighted by Gasteiger charge is 2.44. The number of rotatable bonds is 9. The van der Waals surface area contributed by atoms with Gasteiger partial charge in [0.2, 0.25) is 0 Å². The van der Waals surface area contributed by atoms with Crippen LogP contribution < -0.4 is 5.32 Å². The Hall–Kier alpha value is -2.21. The molecule has 166 valence electrons. The molecular weight excluding hydrogens is 382 g/mol. The average molecular weight is 418 g/mol. The number of carbonyl (C=O) groups is 3. The minimum absolute atomic E-state index is 0.0636. The first-order chi connectivity index (χ1) is 14.1. The first-order valence-corrected chi connectivity index (χ1v) is 10.9. The third-order valence-electron chi connectivity index (χ3n) is 5.72. The Balaban J connectivity index is 2.10. The molecule has 0 radical (unpaired) electrons. The van der Waals surface area contributed by atoms with Crippen molar-refractivity contribution in [1.82, 2.24) is 5.32 Å². The second-order valence-corrected chi connectivity index (χ2v) is 9.20. The van der Waals surface area contributed by atoms with Crippen molar-refractivity contribution in [3.05, 3.63) is 35.9 Å². The summed E-state index contributed by atoms with van der Waals surface area (Å²) in [4.78, 5) is 38.6. The van der Waals surface area contributed by atoms with Gasteiger partial charge in [0.15, 0.2) is 5.78 Å². The number of hydrogen-bond donors (Lipinski definition) is 2. The molecular formula is C24H35NO5. The lowest BCUT2D eigenvalue weighted by Gasteiger charge is -2.29. The second kappa shape index (κ2) is 10.7. The maximum atomic E-state index is 13.3. The molecule has 6 heteroatoms. The normalized spacial score (nSPS) is 21.0. The molecule has 6 nitrogen and oxygen atoms in total.